The molecule has 0 saturated heterocycles. The van der Waals surface area contributed by atoms with Crippen molar-refractivity contribution in [3.8, 4) is 5.75 Å². The molecule has 9 heteroatoms. The predicted molar refractivity (Wildman–Crippen MR) is 89.9 cm³/mol. The summed E-state index contributed by atoms with van der Waals surface area (Å²) in [5, 5.41) is 20.0. The molecule has 1 heterocycles. The Hall–Kier alpha value is -0.940. The van der Waals surface area contributed by atoms with E-state index in [1.54, 1.807) is 12.1 Å². The Kier molecular flexibility index (Phi) is 5.16. The van der Waals surface area contributed by atoms with E-state index in [2.05, 4.69) is 52.6 Å². The first-order valence-electron chi connectivity index (χ1n) is 5.19. The van der Waals surface area contributed by atoms with Crippen LogP contribution in [0.25, 0.3) is 0 Å². The molecule has 2 aromatic rings. The van der Waals surface area contributed by atoms with E-state index in [9.17, 15) is 9.90 Å². The predicted octanol–water partition coefficient (Wildman–Crippen LogP) is 3.01. The zero-order chi connectivity index (χ0) is 14.7. The fraction of sp³-hybridized carbons (Fsp3) is 0. The molecular formula is C11H7Br2IN4O2. The average Bonchev–Trinajstić information content (AvgIpc) is 2.81. The summed E-state index contributed by atoms with van der Waals surface area (Å²) >= 11 is 8.51. The third-order valence-electron chi connectivity index (χ3n) is 2.25. The molecule has 0 unspecified atom stereocenters. The van der Waals surface area contributed by atoms with Gasteiger partial charge in [-0.05, 0) is 50.7 Å². The highest BCUT2D eigenvalue weighted by Gasteiger charge is 2.11. The standard InChI is InChI=1S/C11H7Br2IN4O2/c12-6-1-5(10(19)7(13)2-6)3-15-18-11(20)9-8(14)4-16-17-9/h1-4,19H,(H,16,17)(H,18,20). The minimum atomic E-state index is -0.406. The third kappa shape index (κ3) is 3.58. The second-order valence-electron chi connectivity index (χ2n) is 3.62. The van der Waals surface area contributed by atoms with Gasteiger partial charge in [0.1, 0.15) is 11.4 Å². The second kappa shape index (κ2) is 6.68. The molecule has 0 aliphatic rings. The highest BCUT2D eigenvalue weighted by Crippen LogP contribution is 2.30. The summed E-state index contributed by atoms with van der Waals surface area (Å²) in [7, 11) is 0. The van der Waals surface area contributed by atoms with Gasteiger partial charge in [0.05, 0.1) is 20.5 Å². The van der Waals surface area contributed by atoms with Gasteiger partial charge in [0.25, 0.3) is 5.91 Å². The molecule has 104 valence electrons. The Bertz CT molecular complexity index is 687. The van der Waals surface area contributed by atoms with Gasteiger partial charge < -0.3 is 5.11 Å². The molecule has 1 aromatic heterocycles. The van der Waals surface area contributed by atoms with Crippen molar-refractivity contribution in [1.82, 2.24) is 15.6 Å². The number of nitrogens with zero attached hydrogens (tertiary/aromatic N) is 2. The maximum absolute atomic E-state index is 11.8. The number of amides is 1. The number of aromatic amines is 1. The number of halogens is 3. The number of carbonyl (C=O) groups excluding carboxylic acids is 1. The van der Waals surface area contributed by atoms with Crippen molar-refractivity contribution in [2.24, 2.45) is 5.10 Å². The topological polar surface area (TPSA) is 90.4 Å². The minimum absolute atomic E-state index is 0.0438. The zero-order valence-electron chi connectivity index (χ0n) is 9.69. The molecule has 0 bridgehead atoms. The van der Waals surface area contributed by atoms with Gasteiger partial charge in [0, 0.05) is 10.0 Å². The summed E-state index contributed by atoms with van der Waals surface area (Å²) in [4.78, 5) is 11.8. The van der Waals surface area contributed by atoms with Crippen molar-refractivity contribution in [2.45, 2.75) is 0 Å². The number of hydrogen-bond donors (Lipinski definition) is 3. The highest BCUT2D eigenvalue weighted by molar-refractivity contribution is 14.1. The average molecular weight is 514 g/mol. The molecule has 0 aliphatic carbocycles. The summed E-state index contributed by atoms with van der Waals surface area (Å²) in [6.45, 7) is 0. The Morgan fingerprint density at radius 1 is 1.50 bits per heavy atom. The van der Waals surface area contributed by atoms with Gasteiger partial charge in [-0.2, -0.15) is 10.2 Å². The Balaban J connectivity index is 2.11. The van der Waals surface area contributed by atoms with Crippen LogP contribution in [0.5, 0.6) is 5.75 Å². The van der Waals surface area contributed by atoms with E-state index >= 15 is 0 Å². The number of benzene rings is 1. The molecule has 2 rings (SSSR count). The van der Waals surface area contributed by atoms with Crippen LogP contribution in [0.4, 0.5) is 0 Å². The van der Waals surface area contributed by atoms with Crippen molar-refractivity contribution in [2.75, 3.05) is 0 Å². The van der Waals surface area contributed by atoms with Crippen LogP contribution >= 0.6 is 54.5 Å². The largest absolute Gasteiger partial charge is 0.506 e. The fourth-order valence-corrected chi connectivity index (χ4v) is 3.09. The molecular weight excluding hydrogens is 507 g/mol. The van der Waals surface area contributed by atoms with Gasteiger partial charge in [-0.25, -0.2) is 5.43 Å². The molecule has 0 atom stereocenters. The number of aromatic nitrogens is 2. The van der Waals surface area contributed by atoms with Crippen LogP contribution in [0.2, 0.25) is 0 Å². The molecule has 0 fully saturated rings. The maximum Gasteiger partial charge on any atom is 0.290 e. The lowest BCUT2D eigenvalue weighted by Crippen LogP contribution is -2.19. The first kappa shape index (κ1) is 15.4. The van der Waals surface area contributed by atoms with E-state index in [1.165, 1.54) is 12.4 Å². The monoisotopic (exact) mass is 512 g/mol. The number of rotatable bonds is 3. The highest BCUT2D eigenvalue weighted by atomic mass is 127. The SMILES string of the molecule is O=C(NN=Cc1cc(Br)cc(Br)c1O)c1[nH]ncc1I. The van der Waals surface area contributed by atoms with Gasteiger partial charge in [-0.15, -0.1) is 0 Å². The number of phenolic OH excluding ortho intramolecular Hbond substituents is 1. The molecule has 3 N–H and O–H groups in total. The molecule has 0 radical (unpaired) electrons. The van der Waals surface area contributed by atoms with E-state index in [-0.39, 0.29) is 5.75 Å². The lowest BCUT2D eigenvalue weighted by Gasteiger charge is -2.03. The first-order chi connectivity index (χ1) is 9.49. The Morgan fingerprint density at radius 3 is 2.90 bits per heavy atom. The summed E-state index contributed by atoms with van der Waals surface area (Å²) < 4.78 is 2.00. The van der Waals surface area contributed by atoms with Crippen molar-refractivity contribution < 1.29 is 9.90 Å². The molecule has 1 aromatic carbocycles. The van der Waals surface area contributed by atoms with Crippen molar-refractivity contribution in [1.29, 1.82) is 0 Å². The van der Waals surface area contributed by atoms with E-state index in [4.69, 9.17) is 0 Å². The Morgan fingerprint density at radius 2 is 2.25 bits per heavy atom. The van der Waals surface area contributed by atoms with Gasteiger partial charge in [0.15, 0.2) is 0 Å². The number of carbonyl (C=O) groups is 1. The normalized spacial score (nSPS) is 10.9. The summed E-state index contributed by atoms with van der Waals surface area (Å²) in [5.74, 6) is -0.362. The van der Waals surface area contributed by atoms with Crippen LogP contribution < -0.4 is 5.43 Å². The summed E-state index contributed by atoms with van der Waals surface area (Å²) in [5.41, 5.74) is 3.15. The van der Waals surface area contributed by atoms with Crippen LogP contribution in [0.15, 0.2) is 32.4 Å². The second-order valence-corrected chi connectivity index (χ2v) is 6.55. The van der Waals surface area contributed by atoms with Gasteiger partial charge in [-0.3, -0.25) is 9.89 Å². The number of aromatic hydroxyl groups is 1. The van der Waals surface area contributed by atoms with E-state index < -0.39 is 5.91 Å². The van der Waals surface area contributed by atoms with Crippen molar-refractivity contribution in [3.05, 3.63) is 42.1 Å². The number of H-pyrrole nitrogens is 1. The summed E-state index contributed by atoms with van der Waals surface area (Å²) in [6, 6.07) is 3.38. The Labute approximate surface area is 144 Å². The minimum Gasteiger partial charge on any atom is -0.506 e. The lowest BCUT2D eigenvalue weighted by molar-refractivity contribution is 0.0949. The third-order valence-corrected chi connectivity index (χ3v) is 4.13. The van der Waals surface area contributed by atoms with Crippen molar-refractivity contribution >= 4 is 66.6 Å². The lowest BCUT2D eigenvalue weighted by atomic mass is 10.2. The van der Waals surface area contributed by atoms with E-state index in [0.717, 1.165) is 4.47 Å². The first-order valence-corrected chi connectivity index (χ1v) is 7.86. The molecule has 20 heavy (non-hydrogen) atoms. The van der Waals surface area contributed by atoms with E-state index in [1.807, 2.05) is 22.6 Å². The fourth-order valence-electron chi connectivity index (χ4n) is 1.33. The van der Waals surface area contributed by atoms with E-state index in [0.29, 0.717) is 19.3 Å². The van der Waals surface area contributed by atoms with Gasteiger partial charge in [-0.1, -0.05) is 15.9 Å². The number of nitrogens with one attached hydrogen (secondary N) is 2. The molecule has 0 saturated carbocycles. The molecule has 1 amide bonds. The smallest absolute Gasteiger partial charge is 0.290 e. The van der Waals surface area contributed by atoms with Gasteiger partial charge in [0.2, 0.25) is 0 Å². The molecule has 0 aliphatic heterocycles. The van der Waals surface area contributed by atoms with Gasteiger partial charge >= 0.3 is 0 Å². The van der Waals surface area contributed by atoms with Crippen LogP contribution in [0, 0.1) is 3.57 Å². The summed E-state index contributed by atoms with van der Waals surface area (Å²) in [6.07, 6.45) is 2.89. The number of phenols is 1. The van der Waals surface area contributed by atoms with Crippen molar-refractivity contribution in [3.63, 3.8) is 0 Å². The maximum atomic E-state index is 11.8. The van der Waals surface area contributed by atoms with Crippen LogP contribution in [-0.4, -0.2) is 27.4 Å². The zero-order valence-corrected chi connectivity index (χ0v) is 15.0. The van der Waals surface area contributed by atoms with Crippen LogP contribution in [0.3, 0.4) is 0 Å². The van der Waals surface area contributed by atoms with Crippen LogP contribution in [0.1, 0.15) is 16.1 Å². The number of hydrazone groups is 1. The quantitative estimate of drug-likeness (QED) is 0.335. The van der Waals surface area contributed by atoms with Crippen LogP contribution in [-0.2, 0) is 0 Å². The molecule has 6 nitrogen and oxygen atoms in total. The molecule has 0 spiro atoms. The number of hydrogen-bond acceptors (Lipinski definition) is 4.